The molecule has 0 aliphatic heterocycles. The van der Waals surface area contributed by atoms with Gasteiger partial charge in [-0.3, -0.25) is 14.4 Å². The summed E-state index contributed by atoms with van der Waals surface area (Å²) in [6.07, 6.45) is 36.4. The van der Waals surface area contributed by atoms with Gasteiger partial charge in [0, 0.05) is 19.4 Å². The molecule has 0 rings (SSSR count). The molecule has 0 fully saturated rings. The van der Waals surface area contributed by atoms with E-state index in [0.29, 0.717) is 44.5 Å². The van der Waals surface area contributed by atoms with Crippen LogP contribution in [0, 0.1) is 17.8 Å². The van der Waals surface area contributed by atoms with Gasteiger partial charge in [-0.15, -0.1) is 0 Å². The first-order valence-electron chi connectivity index (χ1n) is 24.4. The van der Waals surface area contributed by atoms with Gasteiger partial charge in [-0.2, -0.15) is 0 Å². The maximum Gasteiger partial charge on any atom is 0.308 e. The molecule has 0 aromatic rings. The lowest BCUT2D eigenvalue weighted by Gasteiger charge is -2.17. The van der Waals surface area contributed by atoms with E-state index in [1.54, 1.807) is 0 Å². The maximum atomic E-state index is 13.0. The number of hydrogen-bond acceptors (Lipinski definition) is 7. The molecule has 7 heteroatoms. The third-order valence-electron chi connectivity index (χ3n) is 11.6. The fourth-order valence-corrected chi connectivity index (χ4v) is 7.80. The normalized spacial score (nSPS) is 11.7. The van der Waals surface area contributed by atoms with Crippen molar-refractivity contribution in [2.24, 2.45) is 17.8 Å². The zero-order valence-electron chi connectivity index (χ0n) is 38.3. The first-order chi connectivity index (χ1) is 27.3. The monoisotopic (exact) mass is 794 g/mol. The molecule has 0 aliphatic carbocycles. The molecule has 0 saturated heterocycles. The van der Waals surface area contributed by atoms with Crippen LogP contribution in [0.15, 0.2) is 0 Å². The van der Waals surface area contributed by atoms with Gasteiger partial charge in [0.1, 0.15) is 0 Å². The fraction of sp³-hybridized carbons (Fsp3) is 0.939. The molecule has 0 spiro atoms. The van der Waals surface area contributed by atoms with Crippen molar-refractivity contribution >= 4 is 17.9 Å². The highest BCUT2D eigenvalue weighted by Crippen LogP contribution is 2.23. The Balaban J connectivity index is 4.18. The summed E-state index contributed by atoms with van der Waals surface area (Å²) in [4.78, 5) is 39.7. The van der Waals surface area contributed by atoms with Gasteiger partial charge in [-0.05, 0) is 70.9 Å². The highest BCUT2D eigenvalue weighted by Gasteiger charge is 2.19. The highest BCUT2D eigenvalue weighted by atomic mass is 16.5. The van der Waals surface area contributed by atoms with E-state index in [4.69, 9.17) is 14.2 Å². The van der Waals surface area contributed by atoms with Crippen molar-refractivity contribution < 1.29 is 28.6 Å². The molecule has 0 N–H and O–H groups in total. The Kier molecular flexibility index (Phi) is 40.3. The zero-order valence-corrected chi connectivity index (χ0v) is 38.3. The van der Waals surface area contributed by atoms with Crippen LogP contribution in [-0.2, 0) is 28.6 Å². The van der Waals surface area contributed by atoms with Crippen LogP contribution >= 0.6 is 0 Å². The summed E-state index contributed by atoms with van der Waals surface area (Å²) in [6, 6.07) is 0. The molecule has 0 saturated carbocycles. The Morgan fingerprint density at radius 2 is 0.750 bits per heavy atom. The standard InChI is InChI=1S/C49H95NO6/c1-7-11-30-44(31-12-8-2)38-42-54-47(51)36-27-23-19-15-17-21-25-34-46(49(53)56-41-29-40-50(5)6)35-26-22-18-16-20-24-28-37-48(52)55-43-39-45(32-13-9-3)33-14-10-4/h44-46H,7-43H2,1-6H3. The summed E-state index contributed by atoms with van der Waals surface area (Å²) in [5, 5.41) is 0. The highest BCUT2D eigenvalue weighted by molar-refractivity contribution is 5.72. The molecular formula is C49H95NO6. The summed E-state index contributed by atoms with van der Waals surface area (Å²) < 4.78 is 16.9. The van der Waals surface area contributed by atoms with Crippen molar-refractivity contribution in [1.82, 2.24) is 4.90 Å². The smallest absolute Gasteiger partial charge is 0.308 e. The first kappa shape index (κ1) is 54.4. The van der Waals surface area contributed by atoms with Crippen molar-refractivity contribution in [2.75, 3.05) is 40.5 Å². The molecule has 0 aromatic heterocycles. The number of ether oxygens (including phenoxy) is 3. The van der Waals surface area contributed by atoms with Crippen LogP contribution in [0.3, 0.4) is 0 Å². The second-order valence-corrected chi connectivity index (χ2v) is 17.4. The van der Waals surface area contributed by atoms with Crippen LogP contribution in [0.1, 0.15) is 240 Å². The minimum atomic E-state index is -0.0254. The van der Waals surface area contributed by atoms with E-state index < -0.39 is 0 Å². The SMILES string of the molecule is CCCCC(CCCC)CCOC(=O)CCCCCCCCCC(CCCCCCCCCC(=O)OCCC(CCCC)CCCC)C(=O)OCCCN(C)C. The number of carbonyl (C=O) groups excluding carboxylic acids is 3. The molecular weight excluding hydrogens is 699 g/mol. The molecule has 0 aliphatic rings. The summed E-state index contributed by atoms with van der Waals surface area (Å²) in [5.74, 6) is 1.36. The van der Waals surface area contributed by atoms with Crippen LogP contribution in [-0.4, -0.2) is 63.3 Å². The number of esters is 3. The van der Waals surface area contributed by atoms with Crippen LogP contribution in [0.25, 0.3) is 0 Å². The lowest BCUT2D eigenvalue weighted by atomic mass is 9.93. The molecule has 0 amide bonds. The second kappa shape index (κ2) is 41.5. The van der Waals surface area contributed by atoms with E-state index in [1.807, 2.05) is 14.1 Å². The maximum absolute atomic E-state index is 13.0. The predicted octanol–water partition coefficient (Wildman–Crippen LogP) is 14.0. The van der Waals surface area contributed by atoms with Crippen LogP contribution in [0.2, 0.25) is 0 Å². The van der Waals surface area contributed by atoms with Crippen LogP contribution < -0.4 is 0 Å². The van der Waals surface area contributed by atoms with E-state index >= 15 is 0 Å². The molecule has 0 heterocycles. The van der Waals surface area contributed by atoms with Gasteiger partial charge >= 0.3 is 17.9 Å². The lowest BCUT2D eigenvalue weighted by molar-refractivity contribution is -0.149. The molecule has 0 radical (unpaired) electrons. The average Bonchev–Trinajstić information content (AvgIpc) is 3.18. The van der Waals surface area contributed by atoms with Gasteiger partial charge in [0.05, 0.1) is 25.7 Å². The number of carbonyl (C=O) groups is 3. The van der Waals surface area contributed by atoms with E-state index in [9.17, 15) is 14.4 Å². The molecule has 7 nitrogen and oxygen atoms in total. The van der Waals surface area contributed by atoms with Crippen molar-refractivity contribution in [1.29, 1.82) is 0 Å². The summed E-state index contributed by atoms with van der Waals surface area (Å²) >= 11 is 0. The Morgan fingerprint density at radius 3 is 1.11 bits per heavy atom. The third kappa shape index (κ3) is 36.7. The van der Waals surface area contributed by atoms with Gasteiger partial charge in [-0.1, -0.05) is 182 Å². The van der Waals surface area contributed by atoms with Gasteiger partial charge in [-0.25, -0.2) is 0 Å². The van der Waals surface area contributed by atoms with Crippen molar-refractivity contribution in [2.45, 2.75) is 240 Å². The molecule has 0 unspecified atom stereocenters. The fourth-order valence-electron chi connectivity index (χ4n) is 7.80. The van der Waals surface area contributed by atoms with E-state index in [1.165, 1.54) is 103 Å². The van der Waals surface area contributed by atoms with Crippen LogP contribution in [0.4, 0.5) is 0 Å². The number of rotatable bonds is 43. The molecule has 0 bridgehead atoms. The Morgan fingerprint density at radius 1 is 0.393 bits per heavy atom. The predicted molar refractivity (Wildman–Crippen MR) is 237 cm³/mol. The lowest BCUT2D eigenvalue weighted by Crippen LogP contribution is -2.21. The Labute approximate surface area is 348 Å². The van der Waals surface area contributed by atoms with Crippen LogP contribution in [0.5, 0.6) is 0 Å². The summed E-state index contributed by atoms with van der Waals surface area (Å²) in [7, 11) is 4.10. The summed E-state index contributed by atoms with van der Waals surface area (Å²) in [6.45, 7) is 11.6. The van der Waals surface area contributed by atoms with Gasteiger partial charge in [0.25, 0.3) is 0 Å². The minimum Gasteiger partial charge on any atom is -0.466 e. The number of hydrogen-bond donors (Lipinski definition) is 0. The first-order valence-corrected chi connectivity index (χ1v) is 24.4. The topological polar surface area (TPSA) is 82.1 Å². The Hall–Kier alpha value is -1.63. The molecule has 332 valence electrons. The summed E-state index contributed by atoms with van der Waals surface area (Å²) in [5.41, 5.74) is 0. The van der Waals surface area contributed by atoms with Gasteiger partial charge in [0.15, 0.2) is 0 Å². The largest absolute Gasteiger partial charge is 0.466 e. The molecule has 0 aromatic carbocycles. The number of unbranched alkanes of at least 4 members (excludes halogenated alkanes) is 16. The zero-order chi connectivity index (χ0) is 41.3. The van der Waals surface area contributed by atoms with Crippen molar-refractivity contribution in [3.8, 4) is 0 Å². The van der Waals surface area contributed by atoms with E-state index in [0.717, 1.165) is 103 Å². The second-order valence-electron chi connectivity index (χ2n) is 17.4. The Bertz CT molecular complexity index is 807. The third-order valence-corrected chi connectivity index (χ3v) is 11.6. The van der Waals surface area contributed by atoms with E-state index in [-0.39, 0.29) is 23.8 Å². The minimum absolute atomic E-state index is 0.00240. The number of nitrogens with zero attached hydrogens (tertiary/aromatic N) is 1. The average molecular weight is 794 g/mol. The molecule has 56 heavy (non-hydrogen) atoms. The van der Waals surface area contributed by atoms with Crippen molar-refractivity contribution in [3.63, 3.8) is 0 Å². The van der Waals surface area contributed by atoms with Gasteiger partial charge in [0.2, 0.25) is 0 Å². The molecule has 0 atom stereocenters. The van der Waals surface area contributed by atoms with Gasteiger partial charge < -0.3 is 19.1 Å². The van der Waals surface area contributed by atoms with Crippen molar-refractivity contribution in [3.05, 3.63) is 0 Å². The van der Waals surface area contributed by atoms with E-state index in [2.05, 4.69) is 32.6 Å². The quantitative estimate of drug-likeness (QED) is 0.0345.